The average molecular weight is 296 g/mol. The highest BCUT2D eigenvalue weighted by molar-refractivity contribution is 6.01. The topological polar surface area (TPSA) is 50.7 Å². The standard InChI is InChI=1S/C18H20N2O2/c1-2-9-17(15-10-5-3-6-11-15)19-20-18(21)14-22-16-12-7-4-8-13-16/h3-8,10-13H,2,9,14H2,1H3,(H,20,21)/b19-17+. The molecule has 4 nitrogen and oxygen atoms in total. The number of carbonyl (C=O) groups is 1. The molecule has 0 heterocycles. The first-order chi connectivity index (χ1) is 10.8. The van der Waals surface area contributed by atoms with Crippen LogP contribution in [0.5, 0.6) is 5.75 Å². The van der Waals surface area contributed by atoms with E-state index in [1.165, 1.54) is 0 Å². The second-order valence-corrected chi connectivity index (χ2v) is 4.81. The van der Waals surface area contributed by atoms with Crippen molar-refractivity contribution in [1.82, 2.24) is 5.43 Å². The molecule has 4 heteroatoms. The number of para-hydroxylation sites is 1. The number of hydrogen-bond acceptors (Lipinski definition) is 3. The van der Waals surface area contributed by atoms with Gasteiger partial charge in [0.2, 0.25) is 0 Å². The Kier molecular flexibility index (Phi) is 6.18. The zero-order valence-electron chi connectivity index (χ0n) is 12.7. The second-order valence-electron chi connectivity index (χ2n) is 4.81. The van der Waals surface area contributed by atoms with Gasteiger partial charge >= 0.3 is 0 Å². The molecule has 0 aliphatic rings. The van der Waals surface area contributed by atoms with E-state index in [1.807, 2.05) is 60.7 Å². The summed E-state index contributed by atoms with van der Waals surface area (Å²) in [5.41, 5.74) is 4.45. The minimum atomic E-state index is -0.270. The Morgan fingerprint density at radius 2 is 1.68 bits per heavy atom. The summed E-state index contributed by atoms with van der Waals surface area (Å²) in [5, 5.41) is 4.23. The molecule has 1 amide bonds. The lowest BCUT2D eigenvalue weighted by atomic mass is 10.1. The SMILES string of the molecule is CCC/C(=N\NC(=O)COc1ccccc1)c1ccccc1. The van der Waals surface area contributed by atoms with Crippen molar-refractivity contribution in [2.45, 2.75) is 19.8 Å². The fourth-order valence-corrected chi connectivity index (χ4v) is 1.96. The first-order valence-corrected chi connectivity index (χ1v) is 7.38. The highest BCUT2D eigenvalue weighted by Crippen LogP contribution is 2.08. The predicted molar refractivity (Wildman–Crippen MR) is 88.0 cm³/mol. The van der Waals surface area contributed by atoms with Crippen molar-refractivity contribution in [3.05, 3.63) is 66.2 Å². The molecule has 0 spiro atoms. The minimum Gasteiger partial charge on any atom is -0.484 e. The third-order valence-corrected chi connectivity index (χ3v) is 3.02. The molecule has 0 saturated carbocycles. The van der Waals surface area contributed by atoms with Crippen molar-refractivity contribution in [1.29, 1.82) is 0 Å². The lowest BCUT2D eigenvalue weighted by molar-refractivity contribution is -0.123. The Balaban J connectivity index is 1.91. The van der Waals surface area contributed by atoms with Crippen molar-refractivity contribution in [2.24, 2.45) is 5.10 Å². The largest absolute Gasteiger partial charge is 0.484 e. The van der Waals surface area contributed by atoms with E-state index >= 15 is 0 Å². The molecule has 114 valence electrons. The summed E-state index contributed by atoms with van der Waals surface area (Å²) in [6.07, 6.45) is 1.77. The van der Waals surface area contributed by atoms with Crippen LogP contribution in [-0.2, 0) is 4.79 Å². The van der Waals surface area contributed by atoms with E-state index in [-0.39, 0.29) is 12.5 Å². The number of ether oxygens (including phenoxy) is 1. The molecule has 2 aromatic carbocycles. The summed E-state index contributed by atoms with van der Waals surface area (Å²) < 4.78 is 5.38. The highest BCUT2D eigenvalue weighted by Gasteiger charge is 2.05. The van der Waals surface area contributed by atoms with Crippen LogP contribution in [0.25, 0.3) is 0 Å². The summed E-state index contributed by atoms with van der Waals surface area (Å²) in [6, 6.07) is 19.1. The normalized spacial score (nSPS) is 11.0. The highest BCUT2D eigenvalue weighted by atomic mass is 16.5. The fraction of sp³-hybridized carbons (Fsp3) is 0.222. The summed E-state index contributed by atoms with van der Waals surface area (Å²) in [7, 11) is 0. The van der Waals surface area contributed by atoms with E-state index < -0.39 is 0 Å². The molecule has 0 saturated heterocycles. The first-order valence-electron chi connectivity index (χ1n) is 7.38. The zero-order valence-corrected chi connectivity index (χ0v) is 12.7. The van der Waals surface area contributed by atoms with Gasteiger partial charge in [-0.2, -0.15) is 5.10 Å². The molecule has 0 radical (unpaired) electrons. The van der Waals surface area contributed by atoms with Crippen LogP contribution in [0.1, 0.15) is 25.3 Å². The lowest BCUT2D eigenvalue weighted by Crippen LogP contribution is -2.26. The number of hydrazone groups is 1. The maximum Gasteiger partial charge on any atom is 0.277 e. The van der Waals surface area contributed by atoms with Gasteiger partial charge in [-0.25, -0.2) is 5.43 Å². The molecular weight excluding hydrogens is 276 g/mol. The number of nitrogens with zero attached hydrogens (tertiary/aromatic N) is 1. The van der Waals surface area contributed by atoms with Gasteiger partial charge in [0.25, 0.3) is 5.91 Å². The minimum absolute atomic E-state index is 0.0539. The number of benzene rings is 2. The van der Waals surface area contributed by atoms with Crippen molar-refractivity contribution in [3.63, 3.8) is 0 Å². The molecule has 0 aromatic heterocycles. The molecule has 0 aliphatic carbocycles. The van der Waals surface area contributed by atoms with Crippen molar-refractivity contribution < 1.29 is 9.53 Å². The molecule has 1 N–H and O–H groups in total. The summed E-state index contributed by atoms with van der Waals surface area (Å²) in [5.74, 6) is 0.395. The van der Waals surface area contributed by atoms with Crippen LogP contribution < -0.4 is 10.2 Å². The Bertz CT molecular complexity index is 609. The van der Waals surface area contributed by atoms with Crippen LogP contribution in [0, 0.1) is 0 Å². The van der Waals surface area contributed by atoms with Gasteiger partial charge in [0.1, 0.15) is 5.75 Å². The summed E-state index contributed by atoms with van der Waals surface area (Å²) in [4.78, 5) is 11.8. The van der Waals surface area contributed by atoms with Gasteiger partial charge in [-0.3, -0.25) is 4.79 Å². The van der Waals surface area contributed by atoms with E-state index in [0.29, 0.717) is 5.75 Å². The van der Waals surface area contributed by atoms with Gasteiger partial charge in [0.05, 0.1) is 5.71 Å². The van der Waals surface area contributed by atoms with E-state index in [2.05, 4.69) is 17.5 Å². The molecule has 0 bridgehead atoms. The summed E-state index contributed by atoms with van der Waals surface area (Å²) in [6.45, 7) is 2.03. The van der Waals surface area contributed by atoms with Crippen LogP contribution in [0.3, 0.4) is 0 Å². The van der Waals surface area contributed by atoms with Crippen molar-refractivity contribution in [2.75, 3.05) is 6.61 Å². The maximum absolute atomic E-state index is 11.8. The third kappa shape index (κ3) is 5.05. The monoisotopic (exact) mass is 296 g/mol. The quantitative estimate of drug-likeness (QED) is 0.629. The molecule has 22 heavy (non-hydrogen) atoms. The fourth-order valence-electron chi connectivity index (χ4n) is 1.96. The number of hydrogen-bond donors (Lipinski definition) is 1. The van der Waals surface area contributed by atoms with Crippen LogP contribution in [0.4, 0.5) is 0 Å². The molecular formula is C18H20N2O2. The lowest BCUT2D eigenvalue weighted by Gasteiger charge is -2.07. The first kappa shape index (κ1) is 15.8. The summed E-state index contributed by atoms with van der Waals surface area (Å²) >= 11 is 0. The Hall–Kier alpha value is -2.62. The van der Waals surface area contributed by atoms with E-state index in [4.69, 9.17) is 4.74 Å². The number of nitrogens with one attached hydrogen (secondary N) is 1. The van der Waals surface area contributed by atoms with Crippen LogP contribution >= 0.6 is 0 Å². The number of carbonyl (C=O) groups excluding carboxylic acids is 1. The molecule has 0 fully saturated rings. The van der Waals surface area contributed by atoms with Gasteiger partial charge in [0.15, 0.2) is 6.61 Å². The average Bonchev–Trinajstić information content (AvgIpc) is 2.58. The molecule has 0 aliphatic heterocycles. The van der Waals surface area contributed by atoms with Gasteiger partial charge in [-0.15, -0.1) is 0 Å². The van der Waals surface area contributed by atoms with E-state index in [9.17, 15) is 4.79 Å². The molecule has 2 rings (SSSR count). The van der Waals surface area contributed by atoms with Crippen molar-refractivity contribution >= 4 is 11.6 Å². The molecule has 0 unspecified atom stereocenters. The molecule has 0 atom stereocenters. The van der Waals surface area contributed by atoms with Crippen LogP contribution in [-0.4, -0.2) is 18.2 Å². The second kappa shape index (κ2) is 8.62. The van der Waals surface area contributed by atoms with Crippen LogP contribution in [0.2, 0.25) is 0 Å². The number of rotatable bonds is 7. The van der Waals surface area contributed by atoms with Crippen molar-refractivity contribution in [3.8, 4) is 5.75 Å². The molecule has 2 aromatic rings. The Morgan fingerprint density at radius 1 is 1.05 bits per heavy atom. The zero-order chi connectivity index (χ0) is 15.6. The predicted octanol–water partition coefficient (Wildman–Crippen LogP) is 3.39. The van der Waals surface area contributed by atoms with Gasteiger partial charge in [-0.1, -0.05) is 61.9 Å². The Labute approximate surface area is 130 Å². The maximum atomic E-state index is 11.8. The van der Waals surface area contributed by atoms with E-state index in [1.54, 1.807) is 0 Å². The number of amides is 1. The van der Waals surface area contributed by atoms with Gasteiger partial charge in [0, 0.05) is 0 Å². The Morgan fingerprint density at radius 3 is 2.32 bits per heavy atom. The van der Waals surface area contributed by atoms with Crippen LogP contribution in [0.15, 0.2) is 65.8 Å². The van der Waals surface area contributed by atoms with E-state index in [0.717, 1.165) is 24.1 Å². The van der Waals surface area contributed by atoms with Gasteiger partial charge in [-0.05, 0) is 24.1 Å². The van der Waals surface area contributed by atoms with Gasteiger partial charge < -0.3 is 4.74 Å². The third-order valence-electron chi connectivity index (χ3n) is 3.02. The smallest absolute Gasteiger partial charge is 0.277 e.